The van der Waals surface area contributed by atoms with Crippen LogP contribution in [-0.4, -0.2) is 16.1 Å². The third-order valence-electron chi connectivity index (χ3n) is 1.91. The highest BCUT2D eigenvalue weighted by Crippen LogP contribution is 2.17. The van der Waals surface area contributed by atoms with Crippen LogP contribution in [0.25, 0.3) is 0 Å². The predicted octanol–water partition coefficient (Wildman–Crippen LogP) is 1.54. The molecule has 1 heterocycles. The Morgan fingerprint density at radius 3 is 2.38 bits per heavy atom. The number of hydrogen-bond acceptors (Lipinski definition) is 4. The van der Waals surface area contributed by atoms with Gasteiger partial charge < -0.3 is 0 Å². The Balaban J connectivity index is 2.71. The first kappa shape index (κ1) is 9.89. The zero-order valence-electron chi connectivity index (χ0n) is 8.42. The minimum atomic E-state index is -0.328. The van der Waals surface area contributed by atoms with E-state index in [1.807, 2.05) is 20.8 Å². The van der Waals surface area contributed by atoms with E-state index in [2.05, 4.69) is 14.9 Å². The van der Waals surface area contributed by atoms with E-state index in [4.69, 9.17) is 0 Å². The summed E-state index contributed by atoms with van der Waals surface area (Å²) >= 11 is 0. The number of aromatic nitrogens is 2. The molecule has 0 aliphatic rings. The van der Waals surface area contributed by atoms with Crippen LogP contribution in [0.1, 0.15) is 32.2 Å². The molecule has 72 valence electrons. The van der Waals surface area contributed by atoms with Crippen molar-refractivity contribution in [3.8, 4) is 0 Å². The molecule has 13 heavy (non-hydrogen) atoms. The summed E-state index contributed by atoms with van der Waals surface area (Å²) in [5.41, 5.74) is 1.00. The van der Waals surface area contributed by atoms with Crippen LogP contribution in [0.15, 0.2) is 4.63 Å². The predicted molar refractivity (Wildman–Crippen MR) is 47.2 cm³/mol. The second-order valence-electron chi connectivity index (χ2n) is 4.15. The molecular formula is C9H14N2O2. The molecule has 0 aliphatic carbocycles. The number of carbonyl (C=O) groups excluding carboxylic acids is 1. The number of rotatable bonds is 2. The number of ketones is 1. The SMILES string of the molecule is Cc1nonc1CC(=O)C(C)(C)C. The van der Waals surface area contributed by atoms with Crippen molar-refractivity contribution < 1.29 is 9.42 Å². The molecule has 0 saturated carbocycles. The molecule has 0 bridgehead atoms. The third-order valence-corrected chi connectivity index (χ3v) is 1.91. The van der Waals surface area contributed by atoms with Crippen LogP contribution in [0.4, 0.5) is 0 Å². The van der Waals surface area contributed by atoms with E-state index in [-0.39, 0.29) is 11.2 Å². The second-order valence-corrected chi connectivity index (χ2v) is 4.15. The van der Waals surface area contributed by atoms with Gasteiger partial charge in [0.25, 0.3) is 0 Å². The maximum Gasteiger partial charge on any atom is 0.144 e. The van der Waals surface area contributed by atoms with Crippen LogP contribution in [0.2, 0.25) is 0 Å². The van der Waals surface area contributed by atoms with Crippen molar-refractivity contribution in [3.05, 3.63) is 11.4 Å². The fourth-order valence-electron chi connectivity index (χ4n) is 0.827. The van der Waals surface area contributed by atoms with E-state index in [1.54, 1.807) is 6.92 Å². The van der Waals surface area contributed by atoms with Gasteiger partial charge in [-0.2, -0.15) is 0 Å². The zero-order chi connectivity index (χ0) is 10.1. The van der Waals surface area contributed by atoms with Crippen LogP contribution >= 0.6 is 0 Å². The summed E-state index contributed by atoms with van der Waals surface area (Å²) in [5, 5.41) is 7.28. The molecule has 0 aromatic carbocycles. The number of aryl methyl sites for hydroxylation is 1. The monoisotopic (exact) mass is 182 g/mol. The van der Waals surface area contributed by atoms with Gasteiger partial charge in [-0.1, -0.05) is 31.1 Å². The standard InChI is InChI=1S/C9H14N2O2/c1-6-7(11-13-10-6)5-8(12)9(2,3)4/h5H2,1-4H3. The van der Waals surface area contributed by atoms with Gasteiger partial charge >= 0.3 is 0 Å². The van der Waals surface area contributed by atoms with Crippen LogP contribution in [-0.2, 0) is 11.2 Å². The first-order chi connectivity index (χ1) is 5.91. The van der Waals surface area contributed by atoms with Crippen LogP contribution in [0.3, 0.4) is 0 Å². The van der Waals surface area contributed by atoms with E-state index in [0.29, 0.717) is 17.8 Å². The summed E-state index contributed by atoms with van der Waals surface area (Å²) in [5.74, 6) is 0.145. The van der Waals surface area contributed by atoms with Gasteiger partial charge in [0, 0.05) is 5.41 Å². The number of Topliss-reactive ketones (excluding diaryl/α,β-unsaturated/α-hetero) is 1. The van der Waals surface area contributed by atoms with Crippen molar-refractivity contribution in [2.24, 2.45) is 5.41 Å². The lowest BCUT2D eigenvalue weighted by Gasteiger charge is -2.15. The normalized spacial score (nSPS) is 11.7. The molecule has 0 aliphatic heterocycles. The van der Waals surface area contributed by atoms with Gasteiger partial charge in [0.2, 0.25) is 0 Å². The Morgan fingerprint density at radius 1 is 1.38 bits per heavy atom. The van der Waals surface area contributed by atoms with E-state index in [9.17, 15) is 4.79 Å². The van der Waals surface area contributed by atoms with Crippen molar-refractivity contribution in [3.63, 3.8) is 0 Å². The van der Waals surface area contributed by atoms with Gasteiger partial charge in [0.15, 0.2) is 0 Å². The minimum Gasteiger partial charge on any atom is -0.299 e. The molecule has 0 atom stereocenters. The van der Waals surface area contributed by atoms with Crippen molar-refractivity contribution in [1.29, 1.82) is 0 Å². The lowest BCUT2D eigenvalue weighted by Crippen LogP contribution is -2.22. The third kappa shape index (κ3) is 2.37. The van der Waals surface area contributed by atoms with E-state index in [1.165, 1.54) is 0 Å². The average Bonchev–Trinajstić information content (AvgIpc) is 2.34. The number of carbonyl (C=O) groups is 1. The van der Waals surface area contributed by atoms with Crippen LogP contribution in [0, 0.1) is 12.3 Å². The van der Waals surface area contributed by atoms with Gasteiger partial charge in [-0.3, -0.25) is 4.79 Å². The maximum atomic E-state index is 11.6. The Hall–Kier alpha value is -1.19. The summed E-state index contributed by atoms with van der Waals surface area (Å²) < 4.78 is 4.51. The molecule has 4 heteroatoms. The molecule has 0 N–H and O–H groups in total. The zero-order valence-corrected chi connectivity index (χ0v) is 8.42. The summed E-state index contributed by atoms with van der Waals surface area (Å²) in [6.45, 7) is 7.44. The Labute approximate surface area is 77.3 Å². The molecule has 1 aromatic rings. The van der Waals surface area contributed by atoms with Crippen molar-refractivity contribution in [2.45, 2.75) is 34.1 Å². The van der Waals surface area contributed by atoms with Gasteiger partial charge in [0.05, 0.1) is 6.42 Å². The Kier molecular flexibility index (Phi) is 2.50. The van der Waals surface area contributed by atoms with E-state index < -0.39 is 0 Å². The van der Waals surface area contributed by atoms with Crippen LogP contribution in [0.5, 0.6) is 0 Å². The van der Waals surface area contributed by atoms with Crippen molar-refractivity contribution >= 4 is 5.78 Å². The molecule has 1 aromatic heterocycles. The summed E-state index contributed by atoms with van der Waals surface area (Å²) in [7, 11) is 0. The first-order valence-corrected chi connectivity index (χ1v) is 4.22. The van der Waals surface area contributed by atoms with Gasteiger partial charge in [-0.05, 0) is 6.92 Å². The molecule has 0 fully saturated rings. The Bertz CT molecular complexity index is 310. The van der Waals surface area contributed by atoms with Crippen LogP contribution < -0.4 is 0 Å². The molecule has 0 unspecified atom stereocenters. The molecule has 0 spiro atoms. The van der Waals surface area contributed by atoms with Crippen molar-refractivity contribution in [2.75, 3.05) is 0 Å². The smallest absolute Gasteiger partial charge is 0.144 e. The highest BCUT2D eigenvalue weighted by atomic mass is 16.6. The first-order valence-electron chi connectivity index (χ1n) is 4.22. The van der Waals surface area contributed by atoms with E-state index in [0.717, 1.165) is 0 Å². The topological polar surface area (TPSA) is 56.0 Å². The molecular weight excluding hydrogens is 168 g/mol. The summed E-state index contributed by atoms with van der Waals surface area (Å²) in [4.78, 5) is 11.6. The number of hydrogen-bond donors (Lipinski definition) is 0. The largest absolute Gasteiger partial charge is 0.299 e. The summed E-state index contributed by atoms with van der Waals surface area (Å²) in [6.07, 6.45) is 0.304. The molecule has 0 amide bonds. The van der Waals surface area contributed by atoms with Crippen molar-refractivity contribution in [1.82, 2.24) is 10.3 Å². The lowest BCUT2D eigenvalue weighted by molar-refractivity contribution is -0.125. The highest BCUT2D eigenvalue weighted by molar-refractivity contribution is 5.85. The fraction of sp³-hybridized carbons (Fsp3) is 0.667. The summed E-state index contributed by atoms with van der Waals surface area (Å²) in [6, 6.07) is 0. The highest BCUT2D eigenvalue weighted by Gasteiger charge is 2.23. The molecule has 0 saturated heterocycles. The lowest BCUT2D eigenvalue weighted by atomic mass is 9.88. The fourth-order valence-corrected chi connectivity index (χ4v) is 0.827. The maximum absolute atomic E-state index is 11.6. The minimum absolute atomic E-state index is 0.145. The molecule has 4 nitrogen and oxygen atoms in total. The van der Waals surface area contributed by atoms with Gasteiger partial charge in [0.1, 0.15) is 17.2 Å². The van der Waals surface area contributed by atoms with E-state index >= 15 is 0 Å². The Morgan fingerprint density at radius 2 is 2.00 bits per heavy atom. The average molecular weight is 182 g/mol. The quantitative estimate of drug-likeness (QED) is 0.696. The second kappa shape index (κ2) is 3.28. The number of nitrogens with zero attached hydrogens (tertiary/aromatic N) is 2. The molecule has 1 rings (SSSR count). The van der Waals surface area contributed by atoms with Gasteiger partial charge in [-0.15, -0.1) is 0 Å². The molecule has 0 radical (unpaired) electrons. The van der Waals surface area contributed by atoms with Gasteiger partial charge in [-0.25, -0.2) is 4.63 Å².